The van der Waals surface area contributed by atoms with Crippen LogP contribution < -0.4 is 27.4 Å². The van der Waals surface area contributed by atoms with Crippen molar-refractivity contribution in [2.45, 2.75) is 63.7 Å². The van der Waals surface area contributed by atoms with E-state index in [0.29, 0.717) is 17.9 Å². The lowest BCUT2D eigenvalue weighted by molar-refractivity contribution is -0.142. The SMILES string of the molecule is CCC(C)C(NC(=O)C(N)CC(N)=O)C(=O)NC(CCSC)C(=O)NC(CCSC)C(=O)O. The van der Waals surface area contributed by atoms with Crippen LogP contribution in [-0.2, 0) is 24.0 Å². The molecule has 0 rings (SSSR count). The Labute approximate surface area is 203 Å². The van der Waals surface area contributed by atoms with Gasteiger partial charge < -0.3 is 32.5 Å². The molecule has 11 nitrogen and oxygen atoms in total. The molecule has 0 saturated carbocycles. The van der Waals surface area contributed by atoms with E-state index in [9.17, 15) is 29.1 Å². The maximum absolute atomic E-state index is 13.0. The Bertz CT molecular complexity index is 681. The second-order valence-corrected chi connectivity index (χ2v) is 9.64. The summed E-state index contributed by atoms with van der Waals surface area (Å²) in [6.45, 7) is 3.59. The van der Waals surface area contributed by atoms with Gasteiger partial charge in [-0.05, 0) is 42.8 Å². The minimum atomic E-state index is -1.20. The molecule has 190 valence electrons. The van der Waals surface area contributed by atoms with Crippen LogP contribution in [0.3, 0.4) is 0 Å². The molecule has 0 spiro atoms. The van der Waals surface area contributed by atoms with Crippen molar-refractivity contribution in [3.8, 4) is 0 Å². The van der Waals surface area contributed by atoms with E-state index in [4.69, 9.17) is 11.5 Å². The predicted molar refractivity (Wildman–Crippen MR) is 131 cm³/mol. The summed E-state index contributed by atoms with van der Waals surface area (Å²) in [6, 6.07) is -4.26. The van der Waals surface area contributed by atoms with Gasteiger partial charge in [-0.1, -0.05) is 20.3 Å². The normalized spacial score (nSPS) is 15.4. The van der Waals surface area contributed by atoms with Crippen molar-refractivity contribution in [2.75, 3.05) is 24.0 Å². The Hall–Kier alpha value is -1.99. The van der Waals surface area contributed by atoms with E-state index in [1.807, 2.05) is 19.4 Å². The van der Waals surface area contributed by atoms with Gasteiger partial charge >= 0.3 is 5.97 Å². The number of carboxylic acids is 1. The van der Waals surface area contributed by atoms with Gasteiger partial charge in [-0.25, -0.2) is 4.79 Å². The summed E-state index contributed by atoms with van der Waals surface area (Å²) in [4.78, 5) is 60.7. The van der Waals surface area contributed by atoms with Crippen LogP contribution in [-0.4, -0.2) is 82.9 Å². The van der Waals surface area contributed by atoms with Gasteiger partial charge in [0.1, 0.15) is 18.1 Å². The number of rotatable bonds is 17. The van der Waals surface area contributed by atoms with E-state index in [2.05, 4.69) is 16.0 Å². The van der Waals surface area contributed by atoms with Crippen LogP contribution in [0.15, 0.2) is 0 Å². The molecule has 0 aliphatic carbocycles. The fraction of sp³-hybridized carbons (Fsp3) is 0.750. The molecule has 33 heavy (non-hydrogen) atoms. The number of hydrogen-bond donors (Lipinski definition) is 6. The summed E-state index contributed by atoms with van der Waals surface area (Å²) >= 11 is 2.93. The van der Waals surface area contributed by atoms with Gasteiger partial charge in [0.15, 0.2) is 0 Å². The fourth-order valence-corrected chi connectivity index (χ4v) is 3.75. The first-order valence-corrected chi connectivity index (χ1v) is 13.4. The van der Waals surface area contributed by atoms with Crippen molar-refractivity contribution < 1.29 is 29.1 Å². The zero-order valence-corrected chi connectivity index (χ0v) is 21.2. The summed E-state index contributed by atoms with van der Waals surface area (Å²) in [7, 11) is 0. The standard InChI is InChI=1S/C20H37N5O6S2/c1-5-11(2)16(25-17(27)12(21)10-15(22)26)19(29)23-13(6-8-32-3)18(28)24-14(20(30)31)7-9-33-4/h11-14,16H,5-10,21H2,1-4H3,(H2,22,26)(H,23,29)(H,24,28)(H,25,27)(H,30,31). The number of carbonyl (C=O) groups is 5. The zero-order valence-electron chi connectivity index (χ0n) is 19.6. The highest BCUT2D eigenvalue weighted by Crippen LogP contribution is 2.11. The Balaban J connectivity index is 5.48. The monoisotopic (exact) mass is 507 g/mol. The molecule has 13 heteroatoms. The van der Waals surface area contributed by atoms with E-state index in [1.54, 1.807) is 6.92 Å². The minimum Gasteiger partial charge on any atom is -0.480 e. The molecule has 0 aromatic carbocycles. The summed E-state index contributed by atoms with van der Waals surface area (Å²) in [5.41, 5.74) is 10.8. The number of carboxylic acid groups (broad SMARTS) is 1. The first kappa shape index (κ1) is 31.0. The third-order valence-electron chi connectivity index (χ3n) is 5.02. The summed E-state index contributed by atoms with van der Waals surface area (Å²) in [5.74, 6) is -3.01. The van der Waals surface area contributed by atoms with E-state index >= 15 is 0 Å². The average Bonchev–Trinajstić information content (AvgIpc) is 2.75. The van der Waals surface area contributed by atoms with Crippen LogP contribution in [0.4, 0.5) is 0 Å². The number of nitrogens with two attached hydrogens (primary N) is 2. The Morgan fingerprint density at radius 1 is 0.879 bits per heavy atom. The van der Waals surface area contributed by atoms with Crippen molar-refractivity contribution in [3.05, 3.63) is 0 Å². The fourth-order valence-electron chi connectivity index (χ4n) is 2.80. The van der Waals surface area contributed by atoms with Crippen LogP contribution >= 0.6 is 23.5 Å². The molecule has 0 radical (unpaired) electrons. The largest absolute Gasteiger partial charge is 0.480 e. The van der Waals surface area contributed by atoms with Gasteiger partial charge in [-0.15, -0.1) is 0 Å². The minimum absolute atomic E-state index is 0.245. The van der Waals surface area contributed by atoms with Gasteiger partial charge in [0, 0.05) is 0 Å². The topological polar surface area (TPSA) is 194 Å². The molecule has 0 heterocycles. The summed E-state index contributed by atoms with van der Waals surface area (Å²) in [6.07, 6.45) is 4.37. The lowest BCUT2D eigenvalue weighted by atomic mass is 9.97. The Morgan fingerprint density at radius 3 is 1.85 bits per heavy atom. The first-order chi connectivity index (χ1) is 15.5. The molecule has 5 atom stereocenters. The lowest BCUT2D eigenvalue weighted by Gasteiger charge is -2.28. The highest BCUT2D eigenvalue weighted by atomic mass is 32.2. The van der Waals surface area contributed by atoms with Crippen molar-refractivity contribution >= 4 is 53.1 Å². The molecule has 0 aromatic heterocycles. The maximum Gasteiger partial charge on any atom is 0.326 e. The Morgan fingerprint density at radius 2 is 1.39 bits per heavy atom. The number of thioether (sulfide) groups is 2. The van der Waals surface area contributed by atoms with E-state index in [1.165, 1.54) is 23.5 Å². The van der Waals surface area contributed by atoms with E-state index < -0.39 is 53.8 Å². The van der Waals surface area contributed by atoms with Gasteiger partial charge in [-0.2, -0.15) is 23.5 Å². The summed E-state index contributed by atoms with van der Waals surface area (Å²) in [5, 5.41) is 17.1. The maximum atomic E-state index is 13.0. The Kier molecular flexibility index (Phi) is 15.6. The van der Waals surface area contributed by atoms with Crippen LogP contribution in [0.1, 0.15) is 39.5 Å². The molecule has 0 aliphatic heterocycles. The quantitative estimate of drug-likeness (QED) is 0.147. The zero-order chi connectivity index (χ0) is 25.6. The number of carbonyl (C=O) groups excluding carboxylic acids is 4. The first-order valence-electron chi connectivity index (χ1n) is 10.6. The van der Waals surface area contributed by atoms with Crippen LogP contribution in [0.2, 0.25) is 0 Å². The number of primary amides is 1. The highest BCUT2D eigenvalue weighted by Gasteiger charge is 2.32. The molecule has 0 fully saturated rings. The average molecular weight is 508 g/mol. The van der Waals surface area contributed by atoms with Gasteiger partial charge in [0.2, 0.25) is 23.6 Å². The molecule has 4 amide bonds. The molecule has 0 saturated heterocycles. The second kappa shape index (κ2) is 16.6. The third-order valence-corrected chi connectivity index (χ3v) is 6.31. The molecule has 0 aromatic rings. The lowest BCUT2D eigenvalue weighted by Crippen LogP contribution is -2.59. The van der Waals surface area contributed by atoms with Crippen molar-refractivity contribution in [3.63, 3.8) is 0 Å². The van der Waals surface area contributed by atoms with Gasteiger partial charge in [-0.3, -0.25) is 19.2 Å². The number of nitrogens with one attached hydrogen (secondary N) is 3. The number of hydrogen-bond acceptors (Lipinski definition) is 8. The third kappa shape index (κ3) is 12.2. The molecule has 5 unspecified atom stereocenters. The van der Waals surface area contributed by atoms with Crippen LogP contribution in [0.25, 0.3) is 0 Å². The molecule has 0 aliphatic rings. The van der Waals surface area contributed by atoms with Crippen molar-refractivity contribution in [1.29, 1.82) is 0 Å². The number of amides is 4. The molecule has 0 bridgehead atoms. The van der Waals surface area contributed by atoms with Crippen molar-refractivity contribution in [2.24, 2.45) is 17.4 Å². The summed E-state index contributed by atoms with van der Waals surface area (Å²) < 4.78 is 0. The second-order valence-electron chi connectivity index (χ2n) is 7.67. The molecule has 8 N–H and O–H groups in total. The van der Waals surface area contributed by atoms with E-state index in [0.717, 1.165) is 0 Å². The van der Waals surface area contributed by atoms with Gasteiger partial charge in [0.25, 0.3) is 0 Å². The highest BCUT2D eigenvalue weighted by molar-refractivity contribution is 7.98. The van der Waals surface area contributed by atoms with Crippen LogP contribution in [0.5, 0.6) is 0 Å². The van der Waals surface area contributed by atoms with E-state index in [-0.39, 0.29) is 25.2 Å². The molecular weight excluding hydrogens is 470 g/mol. The predicted octanol–water partition coefficient (Wildman–Crippen LogP) is -0.720. The molecular formula is C20H37N5O6S2. The van der Waals surface area contributed by atoms with Crippen LogP contribution in [0, 0.1) is 5.92 Å². The van der Waals surface area contributed by atoms with Crippen molar-refractivity contribution in [1.82, 2.24) is 16.0 Å². The smallest absolute Gasteiger partial charge is 0.326 e. The number of aliphatic carboxylic acids is 1. The van der Waals surface area contributed by atoms with Gasteiger partial charge in [0.05, 0.1) is 12.5 Å².